The highest BCUT2D eigenvalue weighted by Gasteiger charge is 2.10. The smallest absolute Gasteiger partial charge is 0.223 e. The van der Waals surface area contributed by atoms with Gasteiger partial charge in [0.25, 0.3) is 0 Å². The highest BCUT2D eigenvalue weighted by molar-refractivity contribution is 5.60. The third kappa shape index (κ3) is 3.97. The van der Waals surface area contributed by atoms with Crippen LogP contribution < -0.4 is 10.5 Å². The Balaban J connectivity index is 1.93. The molecule has 0 fully saturated rings. The average molecular weight is 319 g/mol. The molecular formula is C20H21N3O. The summed E-state index contributed by atoms with van der Waals surface area (Å²) in [6.45, 7) is 3.85. The Morgan fingerprint density at radius 1 is 1.00 bits per heavy atom. The summed E-state index contributed by atoms with van der Waals surface area (Å²) in [7, 11) is 0. The van der Waals surface area contributed by atoms with Crippen LogP contribution in [0.15, 0.2) is 60.7 Å². The van der Waals surface area contributed by atoms with Crippen LogP contribution in [0.1, 0.15) is 18.3 Å². The Morgan fingerprint density at radius 2 is 1.71 bits per heavy atom. The predicted molar refractivity (Wildman–Crippen MR) is 96.1 cm³/mol. The Hall–Kier alpha value is -2.72. The normalized spacial score (nSPS) is 12.0. The lowest BCUT2D eigenvalue weighted by Gasteiger charge is -2.13. The molecule has 3 aromatic rings. The molecule has 0 bridgehead atoms. The minimum atomic E-state index is 0.0711. The lowest BCUT2D eigenvalue weighted by Crippen LogP contribution is -2.18. The molecule has 3 rings (SSSR count). The van der Waals surface area contributed by atoms with Crippen LogP contribution in [0.4, 0.5) is 0 Å². The van der Waals surface area contributed by atoms with Gasteiger partial charge in [-0.15, -0.1) is 0 Å². The van der Waals surface area contributed by atoms with E-state index < -0.39 is 0 Å². The van der Waals surface area contributed by atoms with E-state index in [0.29, 0.717) is 11.7 Å². The predicted octanol–water partition coefficient (Wildman–Crippen LogP) is 4.13. The van der Waals surface area contributed by atoms with Crippen LogP contribution >= 0.6 is 0 Å². The van der Waals surface area contributed by atoms with E-state index in [1.807, 2.05) is 74.5 Å². The molecule has 2 aromatic carbocycles. The SMILES string of the molecule is Cc1nc(Oc2ccccc2CC(C)N)cc(-c2ccccc2)n1. The molecule has 1 heterocycles. The number of hydrogen-bond acceptors (Lipinski definition) is 4. The standard InChI is InChI=1S/C20H21N3O/c1-14(21)12-17-10-6-7-11-19(17)24-20-13-18(22-15(2)23-20)16-8-4-3-5-9-16/h3-11,13-14H,12,21H2,1-2H3. The van der Waals surface area contributed by atoms with Gasteiger partial charge >= 0.3 is 0 Å². The summed E-state index contributed by atoms with van der Waals surface area (Å²) in [5, 5.41) is 0. The average Bonchev–Trinajstić information content (AvgIpc) is 2.56. The molecule has 1 aromatic heterocycles. The van der Waals surface area contributed by atoms with Crippen LogP contribution in [0.5, 0.6) is 11.6 Å². The minimum Gasteiger partial charge on any atom is -0.439 e. The third-order valence-electron chi connectivity index (χ3n) is 3.61. The van der Waals surface area contributed by atoms with Crippen molar-refractivity contribution in [2.75, 3.05) is 0 Å². The molecule has 122 valence electrons. The second kappa shape index (κ2) is 7.23. The number of nitrogens with two attached hydrogens (primary N) is 1. The molecule has 0 aliphatic heterocycles. The van der Waals surface area contributed by atoms with Crippen molar-refractivity contribution < 1.29 is 4.74 Å². The van der Waals surface area contributed by atoms with E-state index >= 15 is 0 Å². The number of aryl methyl sites for hydroxylation is 1. The van der Waals surface area contributed by atoms with E-state index in [1.165, 1.54) is 0 Å². The summed E-state index contributed by atoms with van der Waals surface area (Å²) < 4.78 is 6.05. The van der Waals surface area contributed by atoms with Crippen LogP contribution in [-0.2, 0) is 6.42 Å². The van der Waals surface area contributed by atoms with E-state index in [0.717, 1.165) is 29.0 Å². The molecule has 0 amide bonds. The van der Waals surface area contributed by atoms with Gasteiger partial charge in [0.15, 0.2) is 0 Å². The van der Waals surface area contributed by atoms with Gasteiger partial charge in [0.05, 0.1) is 5.69 Å². The summed E-state index contributed by atoms with van der Waals surface area (Å²) >= 11 is 0. The quantitative estimate of drug-likeness (QED) is 0.768. The Kier molecular flexibility index (Phi) is 4.87. The van der Waals surface area contributed by atoms with E-state index in [1.54, 1.807) is 0 Å². The van der Waals surface area contributed by atoms with Crippen molar-refractivity contribution in [1.82, 2.24) is 9.97 Å². The molecular weight excluding hydrogens is 298 g/mol. The fourth-order valence-electron chi connectivity index (χ4n) is 2.58. The second-order valence-electron chi connectivity index (χ2n) is 5.90. The summed E-state index contributed by atoms with van der Waals surface area (Å²) in [6.07, 6.45) is 0.756. The van der Waals surface area contributed by atoms with Crippen molar-refractivity contribution in [2.45, 2.75) is 26.3 Å². The zero-order valence-corrected chi connectivity index (χ0v) is 13.9. The van der Waals surface area contributed by atoms with Crippen molar-refractivity contribution in [3.63, 3.8) is 0 Å². The summed E-state index contributed by atoms with van der Waals surface area (Å²) in [4.78, 5) is 8.92. The number of ether oxygens (including phenoxy) is 1. The first-order valence-corrected chi connectivity index (χ1v) is 8.04. The maximum Gasteiger partial charge on any atom is 0.223 e. The lowest BCUT2D eigenvalue weighted by atomic mass is 10.1. The molecule has 1 atom stereocenters. The van der Waals surface area contributed by atoms with Crippen LogP contribution in [0.25, 0.3) is 11.3 Å². The lowest BCUT2D eigenvalue weighted by molar-refractivity contribution is 0.452. The minimum absolute atomic E-state index is 0.0711. The number of aromatic nitrogens is 2. The molecule has 24 heavy (non-hydrogen) atoms. The van der Waals surface area contributed by atoms with Gasteiger partial charge in [-0.2, -0.15) is 4.98 Å². The monoisotopic (exact) mass is 319 g/mol. The molecule has 0 aliphatic carbocycles. The topological polar surface area (TPSA) is 61.0 Å². The van der Waals surface area contributed by atoms with Gasteiger partial charge in [-0.25, -0.2) is 4.98 Å². The number of hydrogen-bond donors (Lipinski definition) is 1. The third-order valence-corrected chi connectivity index (χ3v) is 3.61. The van der Waals surface area contributed by atoms with E-state index in [9.17, 15) is 0 Å². The Bertz CT molecular complexity index is 816. The van der Waals surface area contributed by atoms with Crippen molar-refractivity contribution in [3.05, 3.63) is 72.1 Å². The highest BCUT2D eigenvalue weighted by atomic mass is 16.5. The van der Waals surface area contributed by atoms with Gasteiger partial charge in [-0.1, -0.05) is 48.5 Å². The van der Waals surface area contributed by atoms with Gasteiger partial charge in [0.2, 0.25) is 5.88 Å². The molecule has 0 aliphatic rings. The number of benzene rings is 2. The number of nitrogens with zero attached hydrogens (tertiary/aromatic N) is 2. The largest absolute Gasteiger partial charge is 0.439 e. The Labute approximate surface area is 142 Å². The van der Waals surface area contributed by atoms with Gasteiger partial charge in [0, 0.05) is 17.7 Å². The van der Waals surface area contributed by atoms with Crippen LogP contribution in [0.3, 0.4) is 0 Å². The van der Waals surface area contributed by atoms with Crippen LogP contribution in [0, 0.1) is 6.92 Å². The van der Waals surface area contributed by atoms with Crippen molar-refractivity contribution in [1.29, 1.82) is 0 Å². The zero-order valence-electron chi connectivity index (χ0n) is 13.9. The van der Waals surface area contributed by atoms with Gasteiger partial charge < -0.3 is 10.5 Å². The summed E-state index contributed by atoms with van der Waals surface area (Å²) in [5.74, 6) is 2.00. The molecule has 1 unspecified atom stereocenters. The second-order valence-corrected chi connectivity index (χ2v) is 5.90. The first-order valence-electron chi connectivity index (χ1n) is 8.04. The van der Waals surface area contributed by atoms with Crippen molar-refractivity contribution >= 4 is 0 Å². The maximum absolute atomic E-state index is 6.05. The summed E-state index contributed by atoms with van der Waals surface area (Å²) in [5.41, 5.74) is 8.89. The van der Waals surface area contributed by atoms with E-state index in [-0.39, 0.29) is 6.04 Å². The maximum atomic E-state index is 6.05. The zero-order chi connectivity index (χ0) is 16.9. The van der Waals surface area contributed by atoms with Crippen LogP contribution in [0.2, 0.25) is 0 Å². The fourth-order valence-corrected chi connectivity index (χ4v) is 2.58. The van der Waals surface area contributed by atoms with Crippen LogP contribution in [-0.4, -0.2) is 16.0 Å². The molecule has 0 radical (unpaired) electrons. The van der Waals surface area contributed by atoms with Gasteiger partial charge in [0.1, 0.15) is 11.6 Å². The molecule has 2 N–H and O–H groups in total. The van der Waals surface area contributed by atoms with Gasteiger partial charge in [-0.3, -0.25) is 0 Å². The van der Waals surface area contributed by atoms with Crippen molar-refractivity contribution in [2.24, 2.45) is 5.73 Å². The molecule has 0 saturated carbocycles. The molecule has 4 heteroatoms. The molecule has 0 spiro atoms. The van der Waals surface area contributed by atoms with Gasteiger partial charge in [-0.05, 0) is 31.9 Å². The number of rotatable bonds is 5. The Morgan fingerprint density at radius 3 is 2.46 bits per heavy atom. The van der Waals surface area contributed by atoms with Crippen molar-refractivity contribution in [3.8, 4) is 22.9 Å². The molecule has 0 saturated heterocycles. The summed E-state index contributed by atoms with van der Waals surface area (Å²) in [6, 6.07) is 19.9. The first kappa shape index (κ1) is 16.1. The van der Waals surface area contributed by atoms with E-state index in [2.05, 4.69) is 9.97 Å². The number of para-hydroxylation sites is 1. The molecule has 4 nitrogen and oxygen atoms in total. The first-order chi connectivity index (χ1) is 11.6. The highest BCUT2D eigenvalue weighted by Crippen LogP contribution is 2.27. The fraction of sp³-hybridized carbons (Fsp3) is 0.200. The van der Waals surface area contributed by atoms with E-state index in [4.69, 9.17) is 10.5 Å².